The van der Waals surface area contributed by atoms with Crippen molar-refractivity contribution in [3.05, 3.63) is 43.2 Å². The lowest BCUT2D eigenvalue weighted by Gasteiger charge is -2.39. The van der Waals surface area contributed by atoms with E-state index in [1.807, 2.05) is 24.7 Å². The monoisotopic (exact) mass is 484 g/mol. The molecule has 1 fully saturated rings. The fourth-order valence-corrected chi connectivity index (χ4v) is 3.27. The summed E-state index contributed by atoms with van der Waals surface area (Å²) in [5, 5.41) is 3.41. The molecule has 1 N–H and O–H groups in total. The lowest BCUT2D eigenvalue weighted by atomic mass is 9.93. The number of guanidine groups is 1. The third-order valence-electron chi connectivity index (χ3n) is 4.72. The molecule has 0 amide bonds. The molecule has 7 nitrogen and oxygen atoms in total. The number of pyridine rings is 1. The molecule has 27 heavy (non-hydrogen) atoms. The number of hydrogen-bond acceptors (Lipinski definition) is 4. The minimum absolute atomic E-state index is 0. The molecule has 1 aliphatic rings. The average molecular weight is 484 g/mol. The highest BCUT2D eigenvalue weighted by Crippen LogP contribution is 2.27. The molecule has 3 rings (SSSR count). The highest BCUT2D eigenvalue weighted by molar-refractivity contribution is 14.0. The second-order valence-corrected chi connectivity index (χ2v) is 6.56. The van der Waals surface area contributed by atoms with E-state index in [1.54, 1.807) is 12.4 Å². The molecule has 3 heterocycles. The molecular formula is C19H29IN6O. The maximum Gasteiger partial charge on any atom is 0.194 e. The van der Waals surface area contributed by atoms with E-state index in [0.29, 0.717) is 25.1 Å². The van der Waals surface area contributed by atoms with Crippen LogP contribution >= 0.6 is 24.0 Å². The number of aliphatic imine (C=N–C) groups is 1. The molecule has 8 heteroatoms. The van der Waals surface area contributed by atoms with Crippen molar-refractivity contribution in [2.75, 3.05) is 32.8 Å². The zero-order chi connectivity index (χ0) is 18.2. The summed E-state index contributed by atoms with van der Waals surface area (Å²) in [7, 11) is 0. The van der Waals surface area contributed by atoms with E-state index < -0.39 is 0 Å². The summed E-state index contributed by atoms with van der Waals surface area (Å²) in [6, 6.07) is 4.19. The molecule has 148 valence electrons. The first kappa shape index (κ1) is 21.5. The Kier molecular flexibility index (Phi) is 8.83. The van der Waals surface area contributed by atoms with Gasteiger partial charge in [-0.3, -0.25) is 4.98 Å². The SMILES string of the molecule is CCNC(=NCCOc1cccnc1)N1CCC(C)C(n2ccnc2)C1.I. The Hall–Kier alpha value is -1.84. The lowest BCUT2D eigenvalue weighted by molar-refractivity contribution is 0.188. The molecule has 2 aromatic heterocycles. The first-order valence-corrected chi connectivity index (χ1v) is 9.31. The van der Waals surface area contributed by atoms with Crippen molar-refractivity contribution in [3.63, 3.8) is 0 Å². The van der Waals surface area contributed by atoms with Crippen molar-refractivity contribution in [1.29, 1.82) is 0 Å². The maximum atomic E-state index is 5.69. The summed E-state index contributed by atoms with van der Waals surface area (Å²) in [6.07, 6.45) is 10.4. The van der Waals surface area contributed by atoms with Crippen molar-refractivity contribution >= 4 is 29.9 Å². The average Bonchev–Trinajstić information content (AvgIpc) is 3.20. The van der Waals surface area contributed by atoms with Crippen LogP contribution in [0.2, 0.25) is 0 Å². The van der Waals surface area contributed by atoms with Crippen LogP contribution in [0.15, 0.2) is 48.2 Å². The Morgan fingerprint density at radius 3 is 2.96 bits per heavy atom. The molecule has 2 aromatic rings. The highest BCUT2D eigenvalue weighted by Gasteiger charge is 2.28. The normalized spacial score (nSPS) is 20.1. The molecule has 0 saturated carbocycles. The Bertz CT molecular complexity index is 679. The molecular weight excluding hydrogens is 455 g/mol. The molecule has 0 radical (unpaired) electrons. The van der Waals surface area contributed by atoms with E-state index in [0.717, 1.165) is 37.8 Å². The minimum Gasteiger partial charge on any atom is -0.490 e. The number of halogens is 1. The van der Waals surface area contributed by atoms with Gasteiger partial charge in [-0.05, 0) is 31.4 Å². The Morgan fingerprint density at radius 1 is 1.37 bits per heavy atom. The zero-order valence-corrected chi connectivity index (χ0v) is 18.3. The predicted molar refractivity (Wildman–Crippen MR) is 118 cm³/mol. The molecule has 0 spiro atoms. The Morgan fingerprint density at radius 2 is 2.26 bits per heavy atom. The van der Waals surface area contributed by atoms with E-state index in [4.69, 9.17) is 9.73 Å². The van der Waals surface area contributed by atoms with Gasteiger partial charge >= 0.3 is 0 Å². The summed E-state index contributed by atoms with van der Waals surface area (Å²) in [5.41, 5.74) is 0. The van der Waals surface area contributed by atoms with Crippen molar-refractivity contribution in [1.82, 2.24) is 24.8 Å². The van der Waals surface area contributed by atoms with Gasteiger partial charge in [-0.1, -0.05) is 6.92 Å². The summed E-state index contributed by atoms with van der Waals surface area (Å²) in [4.78, 5) is 15.4. The van der Waals surface area contributed by atoms with Gasteiger partial charge in [-0.25, -0.2) is 9.98 Å². The third-order valence-corrected chi connectivity index (χ3v) is 4.72. The minimum atomic E-state index is 0. The van der Waals surface area contributed by atoms with Crippen LogP contribution in [0.5, 0.6) is 5.75 Å². The van der Waals surface area contributed by atoms with Crippen LogP contribution in [0.4, 0.5) is 0 Å². The van der Waals surface area contributed by atoms with E-state index in [-0.39, 0.29) is 24.0 Å². The van der Waals surface area contributed by atoms with E-state index in [1.165, 1.54) is 0 Å². The first-order chi connectivity index (χ1) is 12.8. The number of rotatable bonds is 6. The largest absolute Gasteiger partial charge is 0.490 e. The Balaban J connectivity index is 0.00000261. The van der Waals surface area contributed by atoms with Gasteiger partial charge in [-0.2, -0.15) is 0 Å². The fraction of sp³-hybridized carbons (Fsp3) is 0.526. The number of nitrogens with one attached hydrogen (secondary N) is 1. The second-order valence-electron chi connectivity index (χ2n) is 6.56. The van der Waals surface area contributed by atoms with Gasteiger partial charge in [0.1, 0.15) is 12.4 Å². The van der Waals surface area contributed by atoms with E-state index >= 15 is 0 Å². The van der Waals surface area contributed by atoms with Crippen molar-refractivity contribution in [3.8, 4) is 5.75 Å². The first-order valence-electron chi connectivity index (χ1n) is 9.31. The third kappa shape index (κ3) is 6.08. The number of likely N-dealkylation sites (tertiary alicyclic amines) is 1. The number of ether oxygens (including phenoxy) is 1. The van der Waals surface area contributed by atoms with Gasteiger partial charge in [0.05, 0.1) is 25.1 Å². The summed E-state index contributed by atoms with van der Waals surface area (Å²) in [5.74, 6) is 2.36. The molecule has 1 aliphatic heterocycles. The van der Waals surface area contributed by atoms with Crippen LogP contribution in [-0.4, -0.2) is 58.2 Å². The van der Waals surface area contributed by atoms with Crippen LogP contribution < -0.4 is 10.1 Å². The van der Waals surface area contributed by atoms with Crippen LogP contribution in [0.3, 0.4) is 0 Å². The van der Waals surface area contributed by atoms with Gasteiger partial charge < -0.3 is 19.5 Å². The molecule has 0 bridgehead atoms. The van der Waals surface area contributed by atoms with Gasteiger partial charge in [0, 0.05) is 38.2 Å². The summed E-state index contributed by atoms with van der Waals surface area (Å²) >= 11 is 0. The second kappa shape index (κ2) is 11.1. The predicted octanol–water partition coefficient (Wildman–Crippen LogP) is 2.82. The molecule has 0 aromatic carbocycles. The zero-order valence-electron chi connectivity index (χ0n) is 16.0. The van der Waals surface area contributed by atoms with Gasteiger partial charge in [-0.15, -0.1) is 24.0 Å². The maximum absolute atomic E-state index is 5.69. The smallest absolute Gasteiger partial charge is 0.194 e. The Labute approximate surface area is 178 Å². The van der Waals surface area contributed by atoms with Crippen LogP contribution in [0, 0.1) is 5.92 Å². The number of piperidine rings is 1. The standard InChI is InChI=1S/C19H28N6O.HI/c1-3-22-19(23-9-12-26-17-5-4-7-20-13-17)24-10-6-16(2)18(14-24)25-11-8-21-15-25;/h4-5,7-8,11,13,15-16,18H,3,6,9-10,12,14H2,1-2H3,(H,22,23);1H. The van der Waals surface area contributed by atoms with Gasteiger partial charge in [0.2, 0.25) is 0 Å². The topological polar surface area (TPSA) is 67.6 Å². The van der Waals surface area contributed by atoms with E-state index in [9.17, 15) is 0 Å². The lowest BCUT2D eigenvalue weighted by Crippen LogP contribution is -2.49. The molecule has 2 atom stereocenters. The summed E-state index contributed by atoms with van der Waals surface area (Å²) in [6.45, 7) is 8.36. The number of aromatic nitrogens is 3. The van der Waals surface area contributed by atoms with Gasteiger partial charge in [0.25, 0.3) is 0 Å². The van der Waals surface area contributed by atoms with Crippen LogP contribution in [-0.2, 0) is 0 Å². The quantitative estimate of drug-likeness (QED) is 0.296. The van der Waals surface area contributed by atoms with Gasteiger partial charge in [0.15, 0.2) is 5.96 Å². The van der Waals surface area contributed by atoms with Crippen LogP contribution in [0.1, 0.15) is 26.3 Å². The van der Waals surface area contributed by atoms with Crippen molar-refractivity contribution in [2.24, 2.45) is 10.9 Å². The molecule has 1 saturated heterocycles. The number of hydrogen-bond donors (Lipinski definition) is 1. The molecule has 2 unspecified atom stereocenters. The number of nitrogens with zero attached hydrogens (tertiary/aromatic N) is 5. The van der Waals surface area contributed by atoms with Crippen molar-refractivity contribution in [2.45, 2.75) is 26.3 Å². The number of imidazole rings is 1. The highest BCUT2D eigenvalue weighted by atomic mass is 127. The van der Waals surface area contributed by atoms with Crippen molar-refractivity contribution < 1.29 is 4.74 Å². The summed E-state index contributed by atoms with van der Waals surface area (Å²) < 4.78 is 7.90. The van der Waals surface area contributed by atoms with Crippen LogP contribution in [0.25, 0.3) is 0 Å². The molecule has 0 aliphatic carbocycles. The fourth-order valence-electron chi connectivity index (χ4n) is 3.27. The van der Waals surface area contributed by atoms with E-state index in [2.05, 4.69) is 44.8 Å².